The summed E-state index contributed by atoms with van der Waals surface area (Å²) in [6.07, 6.45) is 5.07. The van der Waals surface area contributed by atoms with E-state index in [2.05, 4.69) is 11.8 Å². The molecule has 0 spiro atoms. The fourth-order valence-electron chi connectivity index (χ4n) is 2.54. The number of nitrogens with zero attached hydrogens (tertiary/aromatic N) is 1. The number of nitrogens with two attached hydrogens (primary N) is 1. The Kier molecular flexibility index (Phi) is 3.10. The fraction of sp³-hybridized carbons (Fsp3) is 1.00. The number of hydrogen-bond donors (Lipinski definition) is 1. The zero-order valence-electron chi connectivity index (χ0n) is 9.17. The van der Waals surface area contributed by atoms with Gasteiger partial charge < -0.3 is 10.5 Å². The quantitative estimate of drug-likeness (QED) is 0.715. The van der Waals surface area contributed by atoms with Gasteiger partial charge in [-0.1, -0.05) is 6.92 Å². The summed E-state index contributed by atoms with van der Waals surface area (Å²) in [5.41, 5.74) is 6.12. The van der Waals surface area contributed by atoms with Crippen molar-refractivity contribution in [2.75, 3.05) is 26.3 Å². The minimum absolute atomic E-state index is 0.178. The largest absolute Gasteiger partial charge is 0.379 e. The first kappa shape index (κ1) is 10.4. The maximum Gasteiger partial charge on any atom is 0.0663 e. The average molecular weight is 198 g/mol. The Morgan fingerprint density at radius 3 is 2.71 bits per heavy atom. The molecule has 1 atom stereocenters. The van der Waals surface area contributed by atoms with Gasteiger partial charge in [0.2, 0.25) is 0 Å². The molecule has 0 radical (unpaired) electrons. The van der Waals surface area contributed by atoms with E-state index in [1.807, 2.05) is 0 Å². The van der Waals surface area contributed by atoms with E-state index in [0.717, 1.165) is 32.2 Å². The third-order valence-corrected chi connectivity index (χ3v) is 3.52. The van der Waals surface area contributed by atoms with Crippen molar-refractivity contribution in [3.05, 3.63) is 0 Å². The minimum atomic E-state index is 0.178. The smallest absolute Gasteiger partial charge is 0.0663 e. The van der Waals surface area contributed by atoms with Gasteiger partial charge in [0.1, 0.15) is 0 Å². The summed E-state index contributed by atoms with van der Waals surface area (Å²) in [5, 5.41) is 0. The Hall–Kier alpha value is -0.120. The second-order valence-electron chi connectivity index (χ2n) is 4.66. The number of rotatable bonds is 5. The van der Waals surface area contributed by atoms with Crippen LogP contribution >= 0.6 is 0 Å². The van der Waals surface area contributed by atoms with E-state index in [1.165, 1.54) is 25.8 Å². The van der Waals surface area contributed by atoms with Gasteiger partial charge in [-0.15, -0.1) is 0 Å². The highest BCUT2D eigenvalue weighted by Crippen LogP contribution is 2.36. The van der Waals surface area contributed by atoms with Gasteiger partial charge in [-0.05, 0) is 32.2 Å². The van der Waals surface area contributed by atoms with Crippen LogP contribution in [-0.2, 0) is 4.74 Å². The second kappa shape index (κ2) is 4.17. The Balaban J connectivity index is 2.05. The van der Waals surface area contributed by atoms with E-state index in [-0.39, 0.29) is 5.54 Å². The van der Waals surface area contributed by atoms with Gasteiger partial charge in [-0.25, -0.2) is 0 Å². The van der Waals surface area contributed by atoms with Crippen LogP contribution in [-0.4, -0.2) is 42.8 Å². The molecular weight excluding hydrogens is 176 g/mol. The number of hydrogen-bond acceptors (Lipinski definition) is 3. The lowest BCUT2D eigenvalue weighted by atomic mass is 9.95. The SMILES string of the molecule is CCCN(C1CC1)C1(CN)CCOC1. The lowest BCUT2D eigenvalue weighted by Gasteiger charge is -2.39. The fourth-order valence-corrected chi connectivity index (χ4v) is 2.54. The predicted octanol–water partition coefficient (Wildman–Crippen LogP) is 0.979. The van der Waals surface area contributed by atoms with Crippen molar-refractivity contribution in [2.45, 2.75) is 44.2 Å². The molecule has 1 saturated heterocycles. The normalized spacial score (nSPS) is 32.8. The molecule has 0 aromatic carbocycles. The van der Waals surface area contributed by atoms with Gasteiger partial charge in [0.05, 0.1) is 12.1 Å². The molecule has 2 fully saturated rings. The van der Waals surface area contributed by atoms with E-state index in [1.54, 1.807) is 0 Å². The van der Waals surface area contributed by atoms with Gasteiger partial charge in [0.25, 0.3) is 0 Å². The first-order valence-electron chi connectivity index (χ1n) is 5.87. The van der Waals surface area contributed by atoms with Crippen molar-refractivity contribution in [1.82, 2.24) is 4.90 Å². The van der Waals surface area contributed by atoms with Crippen LogP contribution in [0.15, 0.2) is 0 Å². The van der Waals surface area contributed by atoms with Gasteiger partial charge >= 0.3 is 0 Å². The zero-order valence-corrected chi connectivity index (χ0v) is 9.17. The summed E-state index contributed by atoms with van der Waals surface area (Å²) < 4.78 is 5.53. The highest BCUT2D eigenvalue weighted by molar-refractivity contribution is 5.01. The predicted molar refractivity (Wildman–Crippen MR) is 57.2 cm³/mol. The molecule has 1 heterocycles. The van der Waals surface area contributed by atoms with E-state index < -0.39 is 0 Å². The molecule has 2 rings (SSSR count). The summed E-state index contributed by atoms with van der Waals surface area (Å²) in [7, 11) is 0. The zero-order chi connectivity index (χ0) is 10.0. The molecule has 1 aliphatic carbocycles. The van der Waals surface area contributed by atoms with Crippen molar-refractivity contribution in [3.8, 4) is 0 Å². The highest BCUT2D eigenvalue weighted by atomic mass is 16.5. The van der Waals surface area contributed by atoms with Gasteiger partial charge in [-0.3, -0.25) is 4.90 Å². The van der Waals surface area contributed by atoms with Crippen molar-refractivity contribution in [3.63, 3.8) is 0 Å². The molecule has 2 aliphatic rings. The van der Waals surface area contributed by atoms with Crippen LogP contribution in [0.3, 0.4) is 0 Å². The molecule has 0 aromatic rings. The van der Waals surface area contributed by atoms with Crippen molar-refractivity contribution in [2.24, 2.45) is 5.73 Å². The molecule has 0 aromatic heterocycles. The third kappa shape index (κ3) is 1.81. The minimum Gasteiger partial charge on any atom is -0.379 e. The van der Waals surface area contributed by atoms with E-state index >= 15 is 0 Å². The van der Waals surface area contributed by atoms with Crippen LogP contribution in [0.5, 0.6) is 0 Å². The molecular formula is C11H22N2O. The summed E-state index contributed by atoms with van der Waals surface area (Å²) in [4.78, 5) is 2.62. The van der Waals surface area contributed by atoms with Crippen LogP contribution in [0.1, 0.15) is 32.6 Å². The Morgan fingerprint density at radius 1 is 1.50 bits per heavy atom. The van der Waals surface area contributed by atoms with Gasteiger partial charge in [-0.2, -0.15) is 0 Å². The molecule has 1 saturated carbocycles. The van der Waals surface area contributed by atoms with E-state index in [0.29, 0.717) is 0 Å². The second-order valence-corrected chi connectivity index (χ2v) is 4.66. The molecule has 14 heavy (non-hydrogen) atoms. The maximum absolute atomic E-state index is 5.94. The molecule has 3 nitrogen and oxygen atoms in total. The Labute approximate surface area is 86.6 Å². The van der Waals surface area contributed by atoms with E-state index in [9.17, 15) is 0 Å². The monoisotopic (exact) mass is 198 g/mol. The average Bonchev–Trinajstić information content (AvgIpc) is 2.93. The Bertz CT molecular complexity index is 186. The molecule has 2 N–H and O–H groups in total. The van der Waals surface area contributed by atoms with Crippen molar-refractivity contribution < 1.29 is 4.74 Å². The third-order valence-electron chi connectivity index (χ3n) is 3.52. The molecule has 0 amide bonds. The van der Waals surface area contributed by atoms with E-state index in [4.69, 9.17) is 10.5 Å². The maximum atomic E-state index is 5.94. The highest BCUT2D eigenvalue weighted by Gasteiger charge is 2.45. The van der Waals surface area contributed by atoms with Gasteiger partial charge in [0, 0.05) is 19.2 Å². The van der Waals surface area contributed by atoms with Crippen LogP contribution in [0, 0.1) is 0 Å². The first-order valence-corrected chi connectivity index (χ1v) is 5.87. The molecule has 1 unspecified atom stereocenters. The molecule has 82 valence electrons. The summed E-state index contributed by atoms with van der Waals surface area (Å²) in [6.45, 7) is 5.92. The van der Waals surface area contributed by atoms with Crippen LogP contribution < -0.4 is 5.73 Å². The summed E-state index contributed by atoms with van der Waals surface area (Å²) >= 11 is 0. The van der Waals surface area contributed by atoms with Crippen molar-refractivity contribution in [1.29, 1.82) is 0 Å². The molecule has 3 heteroatoms. The van der Waals surface area contributed by atoms with Crippen LogP contribution in [0.2, 0.25) is 0 Å². The topological polar surface area (TPSA) is 38.5 Å². The number of ether oxygens (including phenoxy) is 1. The molecule has 0 bridgehead atoms. The lowest BCUT2D eigenvalue weighted by molar-refractivity contribution is 0.0648. The lowest BCUT2D eigenvalue weighted by Crippen LogP contribution is -2.55. The summed E-state index contributed by atoms with van der Waals surface area (Å²) in [6, 6.07) is 0.806. The molecule has 1 aliphatic heterocycles. The van der Waals surface area contributed by atoms with Crippen LogP contribution in [0.25, 0.3) is 0 Å². The van der Waals surface area contributed by atoms with Crippen LogP contribution in [0.4, 0.5) is 0 Å². The first-order chi connectivity index (χ1) is 6.82. The Morgan fingerprint density at radius 2 is 2.29 bits per heavy atom. The van der Waals surface area contributed by atoms with Gasteiger partial charge in [0.15, 0.2) is 0 Å². The summed E-state index contributed by atoms with van der Waals surface area (Å²) in [5.74, 6) is 0. The van der Waals surface area contributed by atoms with Crippen molar-refractivity contribution >= 4 is 0 Å². The standard InChI is InChI=1S/C11H22N2O/c1-2-6-13(10-3-4-10)11(8-12)5-7-14-9-11/h10H,2-9,12H2,1H3.